The van der Waals surface area contributed by atoms with Gasteiger partial charge in [-0.05, 0) is 22.4 Å². The fraction of sp³-hybridized carbons (Fsp3) is 1.00. The molecule has 0 aliphatic carbocycles. The predicted molar refractivity (Wildman–Crippen MR) is 34.6 cm³/mol. The van der Waals surface area contributed by atoms with Crippen LogP contribution in [-0.2, 0) is 0 Å². The molecule has 0 amide bonds. The van der Waals surface area contributed by atoms with Crippen molar-refractivity contribution in [1.29, 1.82) is 0 Å². The maximum atomic E-state index is 9.85. The number of nitrogens with zero attached hydrogens (tertiary/aromatic N) is 1. The van der Waals surface area contributed by atoms with Gasteiger partial charge in [0, 0.05) is 11.3 Å². The molecule has 0 fully saturated rings. The molecule has 0 saturated carbocycles. The highest BCUT2D eigenvalue weighted by Gasteiger charge is 2.11. The first kappa shape index (κ1) is 7.88. The van der Waals surface area contributed by atoms with E-state index in [4.69, 9.17) is 0 Å². The second-order valence-electron chi connectivity index (χ2n) is 1.51. The zero-order valence-corrected chi connectivity index (χ0v) is 6.22. The smallest absolute Gasteiger partial charge is 0.263 e. The number of halogens is 1. The zero-order valence-electron chi connectivity index (χ0n) is 4.63. The third-order valence-corrected chi connectivity index (χ3v) is 1.55. The van der Waals surface area contributed by atoms with Gasteiger partial charge < -0.3 is 0 Å². The molecule has 0 heterocycles. The first-order valence-corrected chi connectivity index (χ1v) is 3.37. The van der Waals surface area contributed by atoms with Crippen molar-refractivity contribution in [2.24, 2.45) is 0 Å². The van der Waals surface area contributed by atoms with E-state index in [0.29, 0.717) is 6.42 Å². The minimum Gasteiger partial charge on any atom is -0.263 e. The number of rotatable bonds is 3. The molecule has 0 aromatic rings. The van der Waals surface area contributed by atoms with Gasteiger partial charge in [-0.1, -0.05) is 6.92 Å². The molecule has 0 aromatic heterocycles. The van der Waals surface area contributed by atoms with Crippen molar-refractivity contribution in [3.05, 3.63) is 10.1 Å². The molecule has 8 heavy (non-hydrogen) atoms. The van der Waals surface area contributed by atoms with Gasteiger partial charge in [0.2, 0.25) is 0 Å². The topological polar surface area (TPSA) is 43.1 Å². The molecule has 1 unspecified atom stereocenters. The van der Waals surface area contributed by atoms with Gasteiger partial charge in [-0.25, -0.2) is 0 Å². The van der Waals surface area contributed by atoms with Crippen LogP contribution in [0.5, 0.6) is 0 Å². The van der Waals surface area contributed by atoms with Gasteiger partial charge >= 0.3 is 0 Å². The van der Waals surface area contributed by atoms with E-state index in [9.17, 15) is 10.1 Å². The Balaban J connectivity index is 3.32. The van der Waals surface area contributed by atoms with E-state index < -0.39 is 4.95 Å². The highest BCUT2D eigenvalue weighted by Crippen LogP contribution is 2.06. The molecule has 0 aromatic carbocycles. The lowest BCUT2D eigenvalue weighted by Gasteiger charge is -1.95. The van der Waals surface area contributed by atoms with E-state index in [1.165, 1.54) is 0 Å². The normalized spacial score (nSPS) is 13.2. The quantitative estimate of drug-likeness (QED) is 0.289. The lowest BCUT2D eigenvalue weighted by Crippen LogP contribution is -2.09. The minimum atomic E-state index is -0.549. The summed E-state index contributed by atoms with van der Waals surface area (Å²) in [6.45, 7) is 1.91. The largest absolute Gasteiger partial charge is 0.265 e. The van der Waals surface area contributed by atoms with Crippen molar-refractivity contribution in [3.63, 3.8) is 0 Å². The number of alkyl halides is 1. The van der Waals surface area contributed by atoms with E-state index in [-0.39, 0.29) is 4.92 Å². The lowest BCUT2D eigenvalue weighted by atomic mass is 10.3. The van der Waals surface area contributed by atoms with Crippen molar-refractivity contribution in [2.45, 2.75) is 24.7 Å². The Morgan fingerprint density at radius 2 is 2.38 bits per heavy atom. The first-order valence-electron chi connectivity index (χ1n) is 2.46. The molecule has 0 aliphatic rings. The van der Waals surface area contributed by atoms with Gasteiger partial charge in [-0.3, -0.25) is 10.1 Å². The van der Waals surface area contributed by atoms with Crippen LogP contribution in [0.25, 0.3) is 0 Å². The Bertz CT molecular complexity index is 86.1. The van der Waals surface area contributed by atoms with Crippen LogP contribution >= 0.6 is 15.9 Å². The fourth-order valence-electron chi connectivity index (χ4n) is 0.344. The SMILES string of the molecule is CCCC(Br)[N+](=O)[O-]. The summed E-state index contributed by atoms with van der Waals surface area (Å²) in [5, 5.41) is 9.85. The van der Waals surface area contributed by atoms with Crippen LogP contribution < -0.4 is 0 Å². The minimum absolute atomic E-state index is 0.330. The average molecular weight is 182 g/mol. The molecule has 48 valence electrons. The molecule has 0 bridgehead atoms. The van der Waals surface area contributed by atoms with Crippen LogP contribution in [0, 0.1) is 10.1 Å². The molecule has 0 N–H and O–H groups in total. The number of nitro groups is 1. The maximum absolute atomic E-state index is 9.85. The second kappa shape index (κ2) is 3.83. The molecule has 0 spiro atoms. The van der Waals surface area contributed by atoms with Crippen molar-refractivity contribution in [3.8, 4) is 0 Å². The Morgan fingerprint density at radius 3 is 2.50 bits per heavy atom. The lowest BCUT2D eigenvalue weighted by molar-refractivity contribution is -0.493. The molecule has 0 radical (unpaired) electrons. The summed E-state index contributed by atoms with van der Waals surface area (Å²) in [5.74, 6) is 0. The van der Waals surface area contributed by atoms with Crippen molar-refractivity contribution in [2.75, 3.05) is 0 Å². The van der Waals surface area contributed by atoms with E-state index in [1.807, 2.05) is 6.92 Å². The van der Waals surface area contributed by atoms with Crippen molar-refractivity contribution in [1.82, 2.24) is 0 Å². The Kier molecular flexibility index (Phi) is 3.77. The molecule has 4 heteroatoms. The molecular formula is C4H8BrNO2. The monoisotopic (exact) mass is 181 g/mol. The second-order valence-corrected chi connectivity index (χ2v) is 2.57. The standard InChI is InChI=1S/C4H8BrNO2/c1-2-3-4(5)6(7)8/h4H,2-3H2,1H3. The Hall–Kier alpha value is -0.120. The summed E-state index contributed by atoms with van der Waals surface area (Å²) >= 11 is 2.90. The molecule has 0 aliphatic heterocycles. The van der Waals surface area contributed by atoms with Gasteiger partial charge in [0.15, 0.2) is 0 Å². The summed E-state index contributed by atoms with van der Waals surface area (Å²) in [6, 6.07) is 0. The van der Waals surface area contributed by atoms with Crippen LogP contribution in [-0.4, -0.2) is 9.87 Å². The zero-order chi connectivity index (χ0) is 6.57. The van der Waals surface area contributed by atoms with Crippen LogP contribution in [0.15, 0.2) is 0 Å². The summed E-state index contributed by atoms with van der Waals surface area (Å²) < 4.78 is 0. The number of hydrogen-bond acceptors (Lipinski definition) is 2. The van der Waals surface area contributed by atoms with Gasteiger partial charge in [0.05, 0.1) is 0 Å². The van der Waals surface area contributed by atoms with Crippen LogP contribution in [0.2, 0.25) is 0 Å². The summed E-state index contributed by atoms with van der Waals surface area (Å²) in [5.41, 5.74) is 0. The summed E-state index contributed by atoms with van der Waals surface area (Å²) in [7, 11) is 0. The molecule has 1 atom stereocenters. The van der Waals surface area contributed by atoms with Crippen LogP contribution in [0.4, 0.5) is 0 Å². The van der Waals surface area contributed by atoms with E-state index in [2.05, 4.69) is 15.9 Å². The van der Waals surface area contributed by atoms with Gasteiger partial charge in [-0.2, -0.15) is 0 Å². The van der Waals surface area contributed by atoms with Crippen LogP contribution in [0.1, 0.15) is 19.8 Å². The Labute approximate surface area is 56.4 Å². The van der Waals surface area contributed by atoms with Crippen molar-refractivity contribution < 1.29 is 4.92 Å². The third-order valence-electron chi connectivity index (χ3n) is 0.756. The Morgan fingerprint density at radius 1 is 1.88 bits per heavy atom. The van der Waals surface area contributed by atoms with Crippen LogP contribution in [0.3, 0.4) is 0 Å². The fourth-order valence-corrected chi connectivity index (χ4v) is 0.801. The van der Waals surface area contributed by atoms with E-state index in [1.54, 1.807) is 0 Å². The first-order chi connectivity index (χ1) is 3.68. The molecule has 3 nitrogen and oxygen atoms in total. The van der Waals surface area contributed by atoms with E-state index >= 15 is 0 Å². The third kappa shape index (κ3) is 2.96. The molecular weight excluding hydrogens is 174 g/mol. The number of hydrogen-bond donors (Lipinski definition) is 0. The van der Waals surface area contributed by atoms with Crippen molar-refractivity contribution >= 4 is 15.9 Å². The van der Waals surface area contributed by atoms with Gasteiger partial charge in [-0.15, -0.1) is 0 Å². The van der Waals surface area contributed by atoms with Gasteiger partial charge in [0.25, 0.3) is 4.95 Å². The highest BCUT2D eigenvalue weighted by molar-refractivity contribution is 9.09. The predicted octanol–water partition coefficient (Wildman–Crippen LogP) is 1.78. The molecule has 0 saturated heterocycles. The molecule has 0 rings (SSSR count). The maximum Gasteiger partial charge on any atom is 0.265 e. The average Bonchev–Trinajstić information content (AvgIpc) is 1.67. The van der Waals surface area contributed by atoms with Gasteiger partial charge in [0.1, 0.15) is 0 Å². The highest BCUT2D eigenvalue weighted by atomic mass is 79.9. The van der Waals surface area contributed by atoms with E-state index in [0.717, 1.165) is 6.42 Å². The summed E-state index contributed by atoms with van der Waals surface area (Å²) in [6.07, 6.45) is 1.45. The summed E-state index contributed by atoms with van der Waals surface area (Å²) in [4.78, 5) is 8.97.